The van der Waals surface area contributed by atoms with Crippen molar-refractivity contribution in [1.82, 2.24) is 0 Å². The fraction of sp³-hybridized carbons (Fsp3) is 0.342. The van der Waals surface area contributed by atoms with Crippen molar-refractivity contribution in [2.45, 2.75) is 25.0 Å². The highest BCUT2D eigenvalue weighted by Crippen LogP contribution is 2.41. The standard InChI is InChI=1S/C38H44O8/c1-40-35-19-15-33(16-20-35)38(32-12-7-4-8-13-32,34-17-21-36(41-2)22-18-34)46-29-28-44-27-26-43-25-24-42-23-9-14-37(39)45-30-31-10-5-3-6-11-31/h3-8,10-13,15-22H,9,14,23-30H2,1-2H3. The lowest BCUT2D eigenvalue weighted by Crippen LogP contribution is -2.34. The molecule has 0 amide bonds. The van der Waals surface area contributed by atoms with Gasteiger partial charge < -0.3 is 33.2 Å². The first-order chi connectivity index (χ1) is 22.7. The summed E-state index contributed by atoms with van der Waals surface area (Å²) < 4.78 is 40.0. The molecule has 0 N–H and O–H groups in total. The smallest absolute Gasteiger partial charge is 0.306 e. The zero-order chi connectivity index (χ0) is 32.3. The number of hydrogen-bond acceptors (Lipinski definition) is 8. The zero-order valence-corrected chi connectivity index (χ0v) is 26.7. The van der Waals surface area contributed by atoms with Crippen molar-refractivity contribution < 1.29 is 38.0 Å². The summed E-state index contributed by atoms with van der Waals surface area (Å²) in [5.74, 6) is 1.32. The van der Waals surface area contributed by atoms with Crippen LogP contribution >= 0.6 is 0 Å². The number of esters is 1. The number of carbonyl (C=O) groups is 1. The Kier molecular flexibility index (Phi) is 14.6. The van der Waals surface area contributed by atoms with Gasteiger partial charge in [-0.1, -0.05) is 84.9 Å². The molecule has 0 atom stereocenters. The Morgan fingerprint density at radius 1 is 0.543 bits per heavy atom. The zero-order valence-electron chi connectivity index (χ0n) is 26.7. The summed E-state index contributed by atoms with van der Waals surface area (Å²) in [6.07, 6.45) is 0.931. The van der Waals surface area contributed by atoms with Gasteiger partial charge in [-0.05, 0) is 52.9 Å². The highest BCUT2D eigenvalue weighted by Gasteiger charge is 2.37. The van der Waals surface area contributed by atoms with Crippen LogP contribution in [0.3, 0.4) is 0 Å². The molecule has 4 aromatic carbocycles. The molecular formula is C38H44O8. The molecule has 8 nitrogen and oxygen atoms in total. The predicted molar refractivity (Wildman–Crippen MR) is 176 cm³/mol. The van der Waals surface area contributed by atoms with Gasteiger partial charge in [0.05, 0.1) is 53.9 Å². The highest BCUT2D eigenvalue weighted by atomic mass is 16.6. The Hall–Kier alpha value is -4.21. The molecule has 46 heavy (non-hydrogen) atoms. The van der Waals surface area contributed by atoms with Gasteiger partial charge >= 0.3 is 5.97 Å². The topological polar surface area (TPSA) is 81.7 Å². The SMILES string of the molecule is COc1ccc(C(OCCOCCOCCOCCCC(=O)OCc2ccccc2)(c2ccccc2)c2ccc(OC)cc2)cc1. The van der Waals surface area contributed by atoms with E-state index >= 15 is 0 Å². The molecule has 0 aliphatic rings. The number of ether oxygens (including phenoxy) is 7. The molecule has 0 saturated heterocycles. The summed E-state index contributed by atoms with van der Waals surface area (Å²) in [7, 11) is 3.31. The van der Waals surface area contributed by atoms with Crippen molar-refractivity contribution >= 4 is 5.97 Å². The molecular weight excluding hydrogens is 584 g/mol. The van der Waals surface area contributed by atoms with Crippen LogP contribution in [0.1, 0.15) is 35.1 Å². The Balaban J connectivity index is 1.18. The molecule has 0 aliphatic heterocycles. The summed E-state index contributed by atoms with van der Waals surface area (Å²) in [5, 5.41) is 0. The molecule has 4 rings (SSSR count). The fourth-order valence-electron chi connectivity index (χ4n) is 5.00. The van der Waals surface area contributed by atoms with Gasteiger partial charge in [0.2, 0.25) is 0 Å². The molecule has 8 heteroatoms. The summed E-state index contributed by atoms with van der Waals surface area (Å²) in [5.41, 5.74) is 3.03. The molecule has 0 spiro atoms. The lowest BCUT2D eigenvalue weighted by atomic mass is 9.80. The Morgan fingerprint density at radius 3 is 1.52 bits per heavy atom. The van der Waals surface area contributed by atoms with Crippen LogP contribution in [0.4, 0.5) is 0 Å². The van der Waals surface area contributed by atoms with E-state index in [0.717, 1.165) is 33.8 Å². The van der Waals surface area contributed by atoms with Gasteiger partial charge in [-0.25, -0.2) is 0 Å². The minimum atomic E-state index is -0.879. The fourth-order valence-corrected chi connectivity index (χ4v) is 5.00. The predicted octanol–water partition coefficient (Wildman–Crippen LogP) is 6.59. The third-order valence-electron chi connectivity index (χ3n) is 7.38. The number of rotatable bonds is 21. The number of carbonyl (C=O) groups excluding carboxylic acids is 1. The van der Waals surface area contributed by atoms with Crippen LogP contribution in [0.25, 0.3) is 0 Å². The number of methoxy groups -OCH3 is 2. The van der Waals surface area contributed by atoms with E-state index in [1.54, 1.807) is 14.2 Å². The highest BCUT2D eigenvalue weighted by molar-refractivity contribution is 5.69. The van der Waals surface area contributed by atoms with Crippen LogP contribution in [0.15, 0.2) is 109 Å². The first-order valence-corrected chi connectivity index (χ1v) is 15.6. The quantitative estimate of drug-likeness (QED) is 0.0581. The van der Waals surface area contributed by atoms with E-state index in [-0.39, 0.29) is 5.97 Å². The van der Waals surface area contributed by atoms with Crippen LogP contribution in [-0.2, 0) is 40.7 Å². The second kappa shape index (κ2) is 19.3. The molecule has 4 aromatic rings. The van der Waals surface area contributed by atoms with Crippen molar-refractivity contribution in [3.63, 3.8) is 0 Å². The van der Waals surface area contributed by atoms with Crippen LogP contribution in [-0.4, -0.2) is 66.4 Å². The molecule has 0 unspecified atom stereocenters. The Labute approximate surface area is 272 Å². The molecule has 244 valence electrons. The minimum absolute atomic E-state index is 0.223. The molecule has 0 radical (unpaired) electrons. The summed E-state index contributed by atoms with van der Waals surface area (Å²) in [6.45, 7) is 3.28. The van der Waals surface area contributed by atoms with E-state index in [2.05, 4.69) is 12.1 Å². The second-order valence-corrected chi connectivity index (χ2v) is 10.4. The van der Waals surface area contributed by atoms with Gasteiger partial charge in [-0.3, -0.25) is 4.79 Å². The maximum absolute atomic E-state index is 11.9. The largest absolute Gasteiger partial charge is 0.497 e. The van der Waals surface area contributed by atoms with Crippen LogP contribution in [0, 0.1) is 0 Å². The summed E-state index contributed by atoms with van der Waals surface area (Å²) in [4.78, 5) is 11.9. The molecule has 0 aromatic heterocycles. The summed E-state index contributed by atoms with van der Waals surface area (Å²) >= 11 is 0. The molecule has 0 bridgehead atoms. The Bertz CT molecular complexity index is 1350. The lowest BCUT2D eigenvalue weighted by Gasteiger charge is -2.36. The van der Waals surface area contributed by atoms with Gasteiger partial charge in [0.25, 0.3) is 0 Å². The molecule has 0 fully saturated rings. The average molecular weight is 629 g/mol. The molecule has 0 heterocycles. The van der Waals surface area contributed by atoms with E-state index < -0.39 is 5.60 Å². The minimum Gasteiger partial charge on any atom is -0.497 e. The van der Waals surface area contributed by atoms with Crippen LogP contribution in [0.2, 0.25) is 0 Å². The third-order valence-corrected chi connectivity index (χ3v) is 7.38. The second-order valence-electron chi connectivity index (χ2n) is 10.4. The van der Waals surface area contributed by atoms with E-state index in [9.17, 15) is 4.79 Å². The van der Waals surface area contributed by atoms with Gasteiger partial charge in [-0.2, -0.15) is 0 Å². The summed E-state index contributed by atoms with van der Waals surface area (Å²) in [6, 6.07) is 35.7. The van der Waals surface area contributed by atoms with Crippen molar-refractivity contribution in [1.29, 1.82) is 0 Å². The van der Waals surface area contributed by atoms with E-state index in [4.69, 9.17) is 33.2 Å². The molecule has 0 saturated carbocycles. The van der Waals surface area contributed by atoms with Crippen molar-refractivity contribution in [3.8, 4) is 11.5 Å². The Morgan fingerprint density at radius 2 is 1.00 bits per heavy atom. The normalized spacial score (nSPS) is 11.3. The lowest BCUT2D eigenvalue weighted by molar-refractivity contribution is -0.145. The van der Waals surface area contributed by atoms with Crippen molar-refractivity contribution in [2.75, 3.05) is 60.5 Å². The van der Waals surface area contributed by atoms with Crippen LogP contribution < -0.4 is 9.47 Å². The number of hydrogen-bond donors (Lipinski definition) is 0. The monoisotopic (exact) mass is 628 g/mol. The first-order valence-electron chi connectivity index (χ1n) is 15.6. The van der Waals surface area contributed by atoms with Crippen molar-refractivity contribution in [3.05, 3.63) is 131 Å². The van der Waals surface area contributed by atoms with E-state index in [1.165, 1.54) is 0 Å². The van der Waals surface area contributed by atoms with E-state index in [0.29, 0.717) is 65.7 Å². The average Bonchev–Trinajstić information content (AvgIpc) is 3.12. The van der Waals surface area contributed by atoms with Crippen molar-refractivity contribution in [2.24, 2.45) is 0 Å². The maximum Gasteiger partial charge on any atom is 0.306 e. The van der Waals surface area contributed by atoms with Crippen LogP contribution in [0.5, 0.6) is 11.5 Å². The van der Waals surface area contributed by atoms with Gasteiger partial charge in [0, 0.05) is 13.0 Å². The van der Waals surface area contributed by atoms with Gasteiger partial charge in [0.1, 0.15) is 23.7 Å². The first kappa shape index (κ1) is 34.7. The third kappa shape index (κ3) is 10.4. The van der Waals surface area contributed by atoms with E-state index in [1.807, 2.05) is 97.1 Å². The maximum atomic E-state index is 11.9. The van der Waals surface area contributed by atoms with Gasteiger partial charge in [-0.15, -0.1) is 0 Å². The molecule has 0 aliphatic carbocycles. The number of benzene rings is 4. The van der Waals surface area contributed by atoms with Gasteiger partial charge in [0.15, 0.2) is 0 Å².